The van der Waals surface area contributed by atoms with Gasteiger partial charge in [-0.05, 0) is 24.6 Å². The van der Waals surface area contributed by atoms with Crippen LogP contribution in [-0.4, -0.2) is 21.5 Å². The number of hydrogen-bond donors (Lipinski definition) is 0. The number of alkyl halides is 1. The van der Waals surface area contributed by atoms with E-state index in [1.807, 2.05) is 18.2 Å². The van der Waals surface area contributed by atoms with E-state index in [0.29, 0.717) is 0 Å². The second-order valence-electron chi connectivity index (χ2n) is 4.52. The van der Waals surface area contributed by atoms with Crippen molar-refractivity contribution in [2.24, 2.45) is 4.99 Å². The highest BCUT2D eigenvalue weighted by atomic mass is 79.9. The first-order chi connectivity index (χ1) is 8.14. The third-order valence-corrected chi connectivity index (χ3v) is 3.46. The first-order valence-electron chi connectivity index (χ1n) is 5.65. The van der Waals surface area contributed by atoms with Gasteiger partial charge in [-0.1, -0.05) is 46.3 Å². The second kappa shape index (κ2) is 3.84. The van der Waals surface area contributed by atoms with Gasteiger partial charge in [-0.2, -0.15) is 0 Å². The fourth-order valence-corrected chi connectivity index (χ4v) is 2.37. The molecule has 0 spiro atoms. The minimum absolute atomic E-state index is 0.0749. The van der Waals surface area contributed by atoms with E-state index in [-0.39, 0.29) is 4.32 Å². The summed E-state index contributed by atoms with van der Waals surface area (Å²) in [7, 11) is 0. The number of rotatable bonds is 1. The molecular formula is C14H13BrN2. The van der Waals surface area contributed by atoms with Gasteiger partial charge in [0.25, 0.3) is 0 Å². The molecule has 2 aliphatic rings. The highest BCUT2D eigenvalue weighted by Gasteiger charge is 2.27. The molecular weight excluding hydrogens is 276 g/mol. The van der Waals surface area contributed by atoms with Crippen LogP contribution in [0.25, 0.3) is 0 Å². The molecule has 2 aliphatic heterocycles. The minimum atomic E-state index is -0.0749. The molecule has 2 nitrogen and oxygen atoms in total. The van der Waals surface area contributed by atoms with Crippen molar-refractivity contribution in [3.05, 3.63) is 60.1 Å². The van der Waals surface area contributed by atoms with Crippen LogP contribution in [0.15, 0.2) is 59.5 Å². The number of allylic oxidation sites excluding steroid dienone is 2. The van der Waals surface area contributed by atoms with Crippen LogP contribution in [0.3, 0.4) is 0 Å². The standard InChI is InChI=1S/C14H13BrN2/c1-14(15)7-8-17-10-12(16-13(17)9-14)11-5-3-2-4-6-11/h2-9H,10H2,1H3. The molecule has 3 rings (SSSR count). The highest BCUT2D eigenvalue weighted by molar-refractivity contribution is 9.10. The summed E-state index contributed by atoms with van der Waals surface area (Å²) in [5.74, 6) is 1.03. The SMILES string of the molecule is CC1(Br)C=CN2CC(c3ccccc3)=NC2=C1. The van der Waals surface area contributed by atoms with Crippen molar-refractivity contribution in [3.63, 3.8) is 0 Å². The van der Waals surface area contributed by atoms with Gasteiger partial charge in [-0.3, -0.25) is 0 Å². The largest absolute Gasteiger partial charge is 0.327 e. The van der Waals surface area contributed by atoms with E-state index in [1.54, 1.807) is 0 Å². The zero-order chi connectivity index (χ0) is 11.9. The van der Waals surface area contributed by atoms with Gasteiger partial charge in [-0.15, -0.1) is 0 Å². The summed E-state index contributed by atoms with van der Waals surface area (Å²) in [6.45, 7) is 2.97. The van der Waals surface area contributed by atoms with Crippen LogP contribution in [0.2, 0.25) is 0 Å². The number of benzene rings is 1. The Bertz CT molecular complexity index is 526. The maximum Gasteiger partial charge on any atom is 0.130 e. The van der Waals surface area contributed by atoms with E-state index in [4.69, 9.17) is 4.99 Å². The van der Waals surface area contributed by atoms with E-state index in [1.165, 1.54) is 5.56 Å². The normalized spacial score (nSPS) is 26.6. The molecule has 0 saturated heterocycles. The van der Waals surface area contributed by atoms with Crippen molar-refractivity contribution in [1.82, 2.24) is 4.90 Å². The number of aliphatic imine (C=N–C) groups is 1. The van der Waals surface area contributed by atoms with E-state index in [9.17, 15) is 0 Å². The Kier molecular flexibility index (Phi) is 2.44. The lowest BCUT2D eigenvalue weighted by Gasteiger charge is -2.24. The zero-order valence-corrected chi connectivity index (χ0v) is 11.2. The molecule has 0 saturated carbocycles. The van der Waals surface area contributed by atoms with E-state index in [2.05, 4.69) is 58.2 Å². The summed E-state index contributed by atoms with van der Waals surface area (Å²) in [5.41, 5.74) is 2.33. The van der Waals surface area contributed by atoms with Gasteiger partial charge in [-0.25, -0.2) is 4.99 Å². The van der Waals surface area contributed by atoms with Crippen LogP contribution in [-0.2, 0) is 0 Å². The Balaban J connectivity index is 1.96. The topological polar surface area (TPSA) is 15.6 Å². The van der Waals surface area contributed by atoms with Crippen LogP contribution >= 0.6 is 15.9 Å². The van der Waals surface area contributed by atoms with E-state index >= 15 is 0 Å². The summed E-state index contributed by atoms with van der Waals surface area (Å²) in [5, 5.41) is 0. The Morgan fingerprint density at radius 1 is 1.29 bits per heavy atom. The van der Waals surface area contributed by atoms with Crippen LogP contribution in [0.5, 0.6) is 0 Å². The first-order valence-corrected chi connectivity index (χ1v) is 6.44. The van der Waals surface area contributed by atoms with Crippen LogP contribution in [0.1, 0.15) is 12.5 Å². The quantitative estimate of drug-likeness (QED) is 0.724. The summed E-state index contributed by atoms with van der Waals surface area (Å²) in [6, 6.07) is 10.3. The minimum Gasteiger partial charge on any atom is -0.327 e. The summed E-state index contributed by atoms with van der Waals surface area (Å²) < 4.78 is -0.0749. The van der Waals surface area contributed by atoms with Crippen molar-refractivity contribution in [3.8, 4) is 0 Å². The summed E-state index contributed by atoms with van der Waals surface area (Å²) in [4.78, 5) is 6.87. The first kappa shape index (κ1) is 10.8. The van der Waals surface area contributed by atoms with Gasteiger partial charge in [0.1, 0.15) is 5.82 Å². The molecule has 0 aromatic heterocycles. The molecule has 0 aliphatic carbocycles. The average Bonchev–Trinajstić information content (AvgIpc) is 2.71. The predicted molar refractivity (Wildman–Crippen MR) is 74.2 cm³/mol. The Labute approximate surface area is 109 Å². The highest BCUT2D eigenvalue weighted by Crippen LogP contribution is 2.31. The van der Waals surface area contributed by atoms with Gasteiger partial charge < -0.3 is 4.90 Å². The van der Waals surface area contributed by atoms with Crippen molar-refractivity contribution in [1.29, 1.82) is 0 Å². The van der Waals surface area contributed by atoms with Crippen molar-refractivity contribution in [2.75, 3.05) is 6.54 Å². The molecule has 0 amide bonds. The second-order valence-corrected chi connectivity index (χ2v) is 6.23. The third-order valence-electron chi connectivity index (χ3n) is 2.96. The molecule has 2 heterocycles. The third kappa shape index (κ3) is 2.07. The lowest BCUT2D eigenvalue weighted by atomic mass is 10.1. The molecule has 0 N–H and O–H groups in total. The number of halogens is 1. The molecule has 0 fully saturated rings. The number of hydrogen-bond acceptors (Lipinski definition) is 2. The molecule has 0 radical (unpaired) electrons. The lowest BCUT2D eigenvalue weighted by Crippen LogP contribution is -2.23. The predicted octanol–water partition coefficient (Wildman–Crippen LogP) is 3.31. The van der Waals surface area contributed by atoms with Gasteiger partial charge >= 0.3 is 0 Å². The lowest BCUT2D eigenvalue weighted by molar-refractivity contribution is 0.532. The number of fused-ring (bicyclic) bond motifs is 1. The van der Waals surface area contributed by atoms with Crippen LogP contribution in [0, 0.1) is 0 Å². The fourth-order valence-electron chi connectivity index (χ4n) is 2.05. The molecule has 3 heteroatoms. The van der Waals surface area contributed by atoms with Gasteiger partial charge in [0.2, 0.25) is 0 Å². The monoisotopic (exact) mass is 288 g/mol. The van der Waals surface area contributed by atoms with Gasteiger partial charge in [0.15, 0.2) is 0 Å². The molecule has 1 unspecified atom stereocenters. The zero-order valence-electron chi connectivity index (χ0n) is 9.60. The number of nitrogens with zero attached hydrogens (tertiary/aromatic N) is 2. The maximum absolute atomic E-state index is 4.70. The molecule has 17 heavy (non-hydrogen) atoms. The maximum atomic E-state index is 4.70. The Hall–Kier alpha value is -1.35. The molecule has 1 aromatic rings. The Morgan fingerprint density at radius 2 is 2.06 bits per heavy atom. The molecule has 1 aromatic carbocycles. The molecule has 0 bridgehead atoms. The van der Waals surface area contributed by atoms with Crippen molar-refractivity contribution < 1.29 is 0 Å². The van der Waals surface area contributed by atoms with Crippen molar-refractivity contribution in [2.45, 2.75) is 11.2 Å². The Morgan fingerprint density at radius 3 is 2.82 bits per heavy atom. The van der Waals surface area contributed by atoms with E-state index in [0.717, 1.165) is 18.1 Å². The molecule has 86 valence electrons. The average molecular weight is 289 g/mol. The smallest absolute Gasteiger partial charge is 0.130 e. The van der Waals surface area contributed by atoms with Crippen LogP contribution in [0.4, 0.5) is 0 Å². The van der Waals surface area contributed by atoms with Gasteiger partial charge in [0, 0.05) is 6.20 Å². The van der Waals surface area contributed by atoms with Gasteiger partial charge in [0.05, 0.1) is 16.6 Å². The summed E-state index contributed by atoms with van der Waals surface area (Å²) >= 11 is 3.65. The van der Waals surface area contributed by atoms with E-state index < -0.39 is 0 Å². The van der Waals surface area contributed by atoms with Crippen molar-refractivity contribution >= 4 is 21.6 Å². The molecule has 1 atom stereocenters. The van der Waals surface area contributed by atoms with Crippen LogP contribution < -0.4 is 0 Å². The summed E-state index contributed by atoms with van der Waals surface area (Å²) in [6.07, 6.45) is 6.38. The fraction of sp³-hybridized carbons (Fsp3) is 0.214.